The summed E-state index contributed by atoms with van der Waals surface area (Å²) in [4.78, 5) is 0.187. The Morgan fingerprint density at radius 3 is 1.80 bits per heavy atom. The van der Waals surface area contributed by atoms with E-state index < -0.39 is 19.9 Å². The Kier molecular flexibility index (Phi) is 5.73. The van der Waals surface area contributed by atoms with Crippen LogP contribution in [0.15, 0.2) is 34.1 Å². The SMILES string of the molecule is CCC(CC)CNS(=O)(=O)c1ccc(S(C)(=O)=O)cc1. The van der Waals surface area contributed by atoms with E-state index >= 15 is 0 Å². The molecule has 20 heavy (non-hydrogen) atoms. The standard InChI is InChI=1S/C13H21NO4S2/c1-4-11(5-2)10-14-20(17,18)13-8-6-12(7-9-13)19(3,15)16/h6-9,11,14H,4-5,10H2,1-3H3. The van der Waals surface area contributed by atoms with Gasteiger partial charge >= 0.3 is 0 Å². The highest BCUT2D eigenvalue weighted by atomic mass is 32.2. The smallest absolute Gasteiger partial charge is 0.224 e. The molecule has 0 heterocycles. The second-order valence-electron chi connectivity index (χ2n) is 4.78. The van der Waals surface area contributed by atoms with Crippen molar-refractivity contribution in [3.63, 3.8) is 0 Å². The number of benzene rings is 1. The van der Waals surface area contributed by atoms with Crippen LogP contribution in [0.4, 0.5) is 0 Å². The lowest BCUT2D eigenvalue weighted by molar-refractivity contribution is 0.479. The third kappa shape index (κ3) is 4.57. The highest BCUT2D eigenvalue weighted by Gasteiger charge is 2.16. The quantitative estimate of drug-likeness (QED) is 0.831. The minimum Gasteiger partial charge on any atom is -0.224 e. The molecule has 1 rings (SSSR count). The Hall–Kier alpha value is -0.920. The van der Waals surface area contributed by atoms with Crippen LogP contribution in [0.25, 0.3) is 0 Å². The molecule has 0 aliphatic rings. The van der Waals surface area contributed by atoms with Crippen LogP contribution in [0.2, 0.25) is 0 Å². The first-order chi connectivity index (χ1) is 9.20. The Morgan fingerprint density at radius 2 is 1.40 bits per heavy atom. The van der Waals surface area contributed by atoms with Gasteiger partial charge in [-0.25, -0.2) is 21.6 Å². The molecule has 114 valence electrons. The zero-order chi connectivity index (χ0) is 15.4. The zero-order valence-corrected chi connectivity index (χ0v) is 13.6. The molecule has 7 heteroatoms. The lowest BCUT2D eigenvalue weighted by atomic mass is 10.0. The van der Waals surface area contributed by atoms with Crippen molar-refractivity contribution in [1.29, 1.82) is 0 Å². The predicted octanol–water partition coefficient (Wildman–Crippen LogP) is 1.80. The van der Waals surface area contributed by atoms with E-state index in [-0.39, 0.29) is 9.79 Å². The van der Waals surface area contributed by atoms with Gasteiger partial charge in [0, 0.05) is 12.8 Å². The molecular weight excluding hydrogens is 298 g/mol. The Labute approximate surface area is 121 Å². The molecule has 1 N–H and O–H groups in total. The van der Waals surface area contributed by atoms with Gasteiger partial charge in [-0.1, -0.05) is 26.7 Å². The topological polar surface area (TPSA) is 80.3 Å². The van der Waals surface area contributed by atoms with Gasteiger partial charge in [-0.15, -0.1) is 0 Å². The molecule has 0 fully saturated rings. The Morgan fingerprint density at radius 1 is 0.950 bits per heavy atom. The first-order valence-electron chi connectivity index (χ1n) is 6.50. The molecule has 0 unspecified atom stereocenters. The van der Waals surface area contributed by atoms with E-state index in [4.69, 9.17) is 0 Å². The molecule has 0 amide bonds. The molecule has 0 atom stereocenters. The maximum atomic E-state index is 12.1. The van der Waals surface area contributed by atoms with Gasteiger partial charge in [-0.05, 0) is 30.2 Å². The third-order valence-electron chi connectivity index (χ3n) is 3.28. The number of rotatable bonds is 7. The summed E-state index contributed by atoms with van der Waals surface area (Å²) in [7, 11) is -6.90. The molecule has 0 bridgehead atoms. The van der Waals surface area contributed by atoms with Crippen molar-refractivity contribution in [2.24, 2.45) is 5.92 Å². The van der Waals surface area contributed by atoms with E-state index in [2.05, 4.69) is 4.72 Å². The van der Waals surface area contributed by atoms with Crippen molar-refractivity contribution in [2.45, 2.75) is 36.5 Å². The first-order valence-corrected chi connectivity index (χ1v) is 9.88. The molecule has 1 aromatic rings. The molecule has 0 aliphatic carbocycles. The monoisotopic (exact) mass is 319 g/mol. The van der Waals surface area contributed by atoms with E-state index in [0.29, 0.717) is 12.5 Å². The number of nitrogens with one attached hydrogen (secondary N) is 1. The van der Waals surface area contributed by atoms with Gasteiger partial charge in [0.25, 0.3) is 0 Å². The van der Waals surface area contributed by atoms with Crippen LogP contribution >= 0.6 is 0 Å². The maximum absolute atomic E-state index is 12.1. The number of sulfonamides is 1. The van der Waals surface area contributed by atoms with Crippen LogP contribution in [-0.2, 0) is 19.9 Å². The molecule has 1 aromatic carbocycles. The average molecular weight is 319 g/mol. The van der Waals surface area contributed by atoms with Gasteiger partial charge in [0.15, 0.2) is 9.84 Å². The molecule has 0 aromatic heterocycles. The van der Waals surface area contributed by atoms with Gasteiger partial charge in [-0.3, -0.25) is 0 Å². The van der Waals surface area contributed by atoms with Gasteiger partial charge in [0.2, 0.25) is 10.0 Å². The molecule has 0 spiro atoms. The van der Waals surface area contributed by atoms with E-state index in [1.807, 2.05) is 13.8 Å². The molecule has 5 nitrogen and oxygen atoms in total. The van der Waals surface area contributed by atoms with Crippen molar-refractivity contribution in [1.82, 2.24) is 4.72 Å². The van der Waals surface area contributed by atoms with Crippen LogP contribution < -0.4 is 4.72 Å². The van der Waals surface area contributed by atoms with Gasteiger partial charge in [0.1, 0.15) is 0 Å². The Bertz CT molecular complexity index is 629. The van der Waals surface area contributed by atoms with Crippen LogP contribution in [-0.4, -0.2) is 29.6 Å². The van der Waals surface area contributed by atoms with Crippen LogP contribution in [0.3, 0.4) is 0 Å². The minimum absolute atomic E-state index is 0.0795. The van der Waals surface area contributed by atoms with Crippen molar-refractivity contribution >= 4 is 19.9 Å². The first kappa shape index (κ1) is 17.1. The van der Waals surface area contributed by atoms with Crippen LogP contribution in [0.1, 0.15) is 26.7 Å². The molecule has 0 saturated carbocycles. The maximum Gasteiger partial charge on any atom is 0.240 e. The lowest BCUT2D eigenvalue weighted by Crippen LogP contribution is -2.29. The lowest BCUT2D eigenvalue weighted by Gasteiger charge is -2.13. The van der Waals surface area contributed by atoms with E-state index in [0.717, 1.165) is 19.1 Å². The van der Waals surface area contributed by atoms with E-state index in [9.17, 15) is 16.8 Å². The number of hydrogen-bond acceptors (Lipinski definition) is 4. The van der Waals surface area contributed by atoms with E-state index in [1.165, 1.54) is 24.3 Å². The summed E-state index contributed by atoms with van der Waals surface area (Å²) in [6, 6.07) is 5.24. The summed E-state index contributed by atoms with van der Waals surface area (Å²) in [5.74, 6) is 0.306. The number of sulfone groups is 1. The minimum atomic E-state index is -3.58. The fraction of sp³-hybridized carbons (Fsp3) is 0.538. The highest BCUT2D eigenvalue weighted by molar-refractivity contribution is 7.90. The summed E-state index contributed by atoms with van der Waals surface area (Å²) in [6.07, 6.45) is 2.90. The van der Waals surface area contributed by atoms with Gasteiger partial charge in [0.05, 0.1) is 9.79 Å². The fourth-order valence-corrected chi connectivity index (χ4v) is 3.50. The summed E-state index contributed by atoms with van der Waals surface area (Å²) < 4.78 is 49.3. The zero-order valence-electron chi connectivity index (χ0n) is 12.0. The summed E-state index contributed by atoms with van der Waals surface area (Å²) >= 11 is 0. The van der Waals surface area contributed by atoms with Crippen LogP contribution in [0.5, 0.6) is 0 Å². The van der Waals surface area contributed by atoms with Crippen molar-refractivity contribution in [3.8, 4) is 0 Å². The van der Waals surface area contributed by atoms with Crippen molar-refractivity contribution in [2.75, 3.05) is 12.8 Å². The molecule has 0 radical (unpaired) electrons. The van der Waals surface area contributed by atoms with Crippen molar-refractivity contribution in [3.05, 3.63) is 24.3 Å². The van der Waals surface area contributed by atoms with Crippen LogP contribution in [0, 0.1) is 5.92 Å². The molecule has 0 aliphatic heterocycles. The second kappa shape index (κ2) is 6.69. The number of hydrogen-bond donors (Lipinski definition) is 1. The summed E-state index contributed by atoms with van der Waals surface area (Å²) in [5, 5.41) is 0. The molecular formula is C13H21NO4S2. The Balaban J connectivity index is 2.88. The van der Waals surface area contributed by atoms with E-state index in [1.54, 1.807) is 0 Å². The molecule has 0 saturated heterocycles. The van der Waals surface area contributed by atoms with Gasteiger partial charge in [-0.2, -0.15) is 0 Å². The van der Waals surface area contributed by atoms with Crippen molar-refractivity contribution < 1.29 is 16.8 Å². The summed E-state index contributed by atoms with van der Waals surface area (Å²) in [5.41, 5.74) is 0. The predicted molar refractivity (Wildman–Crippen MR) is 78.8 cm³/mol. The van der Waals surface area contributed by atoms with Gasteiger partial charge < -0.3 is 0 Å². The second-order valence-corrected chi connectivity index (χ2v) is 8.56. The third-order valence-corrected chi connectivity index (χ3v) is 5.85. The summed E-state index contributed by atoms with van der Waals surface area (Å²) in [6.45, 7) is 4.43. The largest absolute Gasteiger partial charge is 0.240 e. The fourth-order valence-electron chi connectivity index (χ4n) is 1.75. The normalized spacial score (nSPS) is 12.8. The highest BCUT2D eigenvalue weighted by Crippen LogP contribution is 2.15. The average Bonchev–Trinajstić information content (AvgIpc) is 2.39.